The zero-order chi connectivity index (χ0) is 17.3. The molecule has 0 radical (unpaired) electrons. The lowest BCUT2D eigenvalue weighted by Crippen LogP contribution is -2.02. The molecule has 1 heterocycles. The molecule has 5 heteroatoms. The fourth-order valence-electron chi connectivity index (χ4n) is 2.63. The molecule has 0 N–H and O–H groups in total. The quantitative estimate of drug-likeness (QED) is 0.674. The molecule has 0 spiro atoms. The van der Waals surface area contributed by atoms with Crippen LogP contribution in [0, 0.1) is 13.5 Å². The van der Waals surface area contributed by atoms with Crippen molar-refractivity contribution in [2.45, 2.75) is 11.8 Å². The van der Waals surface area contributed by atoms with Crippen LogP contribution in [0.1, 0.15) is 11.1 Å². The van der Waals surface area contributed by atoms with Crippen LogP contribution in [0.15, 0.2) is 64.7 Å². The molecule has 3 aromatic rings. The second-order valence-electron chi connectivity index (χ2n) is 5.62. The van der Waals surface area contributed by atoms with Gasteiger partial charge in [0.05, 0.1) is 11.5 Å². The van der Waals surface area contributed by atoms with E-state index in [1.54, 1.807) is 12.1 Å². The van der Waals surface area contributed by atoms with E-state index in [0.29, 0.717) is 0 Å². The van der Waals surface area contributed by atoms with Crippen LogP contribution in [-0.2, 0) is 16.9 Å². The zero-order valence-corrected chi connectivity index (χ0v) is 14.2. The Morgan fingerprint density at radius 1 is 1.12 bits per heavy atom. The third-order valence-electron chi connectivity index (χ3n) is 3.92. The molecular weight excluding hydrogens is 320 g/mol. The number of aromatic nitrogens is 1. The summed E-state index contributed by atoms with van der Waals surface area (Å²) in [5.74, 6) is 0. The maximum Gasteiger partial charge on any atom is 0.283 e. The molecule has 0 unspecified atom stereocenters. The lowest BCUT2D eigenvalue weighted by molar-refractivity contribution is 0.603. The smallest absolute Gasteiger partial charge is 0.283 e. The Hall–Kier alpha value is -2.84. The van der Waals surface area contributed by atoms with Crippen LogP contribution in [0.4, 0.5) is 0 Å². The average molecular weight is 336 g/mol. The van der Waals surface area contributed by atoms with Crippen LogP contribution < -0.4 is 0 Å². The van der Waals surface area contributed by atoms with E-state index >= 15 is 0 Å². The molecule has 0 bridgehead atoms. The van der Waals surface area contributed by atoms with Gasteiger partial charge in [-0.25, -0.2) is 13.3 Å². The van der Waals surface area contributed by atoms with Gasteiger partial charge in [0.1, 0.15) is 0 Å². The summed E-state index contributed by atoms with van der Waals surface area (Å²) < 4.78 is 27.4. The Morgan fingerprint density at radius 3 is 2.46 bits per heavy atom. The molecule has 4 nitrogen and oxygen atoms in total. The van der Waals surface area contributed by atoms with Crippen LogP contribution in [0.25, 0.3) is 21.8 Å². The number of aryl methyl sites for hydroxylation is 2. The maximum atomic E-state index is 12.7. The zero-order valence-electron chi connectivity index (χ0n) is 13.4. The van der Waals surface area contributed by atoms with E-state index in [-0.39, 0.29) is 9.92 Å². The number of hydrogen-bond acceptors (Lipinski definition) is 2. The van der Waals surface area contributed by atoms with Gasteiger partial charge in [-0.05, 0) is 36.8 Å². The Kier molecular flexibility index (Phi) is 4.00. The highest BCUT2D eigenvalue weighted by molar-refractivity contribution is 7.95. The van der Waals surface area contributed by atoms with E-state index in [1.165, 1.54) is 18.2 Å². The summed E-state index contributed by atoms with van der Waals surface area (Å²) in [6, 6.07) is 14.2. The Labute approximate surface area is 141 Å². The van der Waals surface area contributed by atoms with E-state index in [0.717, 1.165) is 22.0 Å². The number of para-hydroxylation sites is 1. The van der Waals surface area contributed by atoms with Gasteiger partial charge < -0.3 is 4.57 Å². The Balaban J connectivity index is 2.16. The minimum atomic E-state index is -3.83. The molecule has 0 fully saturated rings. The molecule has 0 saturated carbocycles. The molecule has 0 aliphatic carbocycles. The normalized spacial score (nSPS) is 12.3. The van der Waals surface area contributed by atoms with Crippen molar-refractivity contribution >= 4 is 26.8 Å². The molecule has 1 aromatic heterocycles. The van der Waals surface area contributed by atoms with E-state index in [4.69, 9.17) is 6.57 Å². The highest BCUT2D eigenvalue weighted by atomic mass is 32.2. The van der Waals surface area contributed by atoms with Crippen molar-refractivity contribution in [3.05, 3.63) is 82.3 Å². The van der Waals surface area contributed by atoms with Crippen LogP contribution in [0.3, 0.4) is 0 Å². The highest BCUT2D eigenvalue weighted by Gasteiger charge is 2.22. The van der Waals surface area contributed by atoms with Crippen LogP contribution >= 0.6 is 0 Å². The van der Waals surface area contributed by atoms with Gasteiger partial charge in [-0.1, -0.05) is 35.9 Å². The van der Waals surface area contributed by atoms with Gasteiger partial charge in [0.25, 0.3) is 5.03 Å². The number of sulfone groups is 1. The standard InChI is InChI=1S/C19H16N2O2S/c1-14-8-10-16(11-9-14)24(22,23)19(20-2)12-15-13-21(3)18-7-5-4-6-17(15)18/h4-13H,1,3H3. The van der Waals surface area contributed by atoms with E-state index < -0.39 is 9.84 Å². The molecule has 24 heavy (non-hydrogen) atoms. The minimum Gasteiger partial charge on any atom is -0.350 e. The molecule has 0 aliphatic heterocycles. The Morgan fingerprint density at radius 2 is 1.79 bits per heavy atom. The van der Waals surface area contributed by atoms with Gasteiger partial charge in [-0.3, -0.25) is 0 Å². The highest BCUT2D eigenvalue weighted by Crippen LogP contribution is 2.27. The van der Waals surface area contributed by atoms with Gasteiger partial charge in [0, 0.05) is 24.1 Å². The molecular formula is C19H16N2O2S. The summed E-state index contributed by atoms with van der Waals surface area (Å²) in [7, 11) is -1.93. The second-order valence-corrected chi connectivity index (χ2v) is 7.52. The largest absolute Gasteiger partial charge is 0.350 e. The number of rotatable bonds is 3. The van der Waals surface area contributed by atoms with Crippen molar-refractivity contribution in [1.29, 1.82) is 0 Å². The van der Waals surface area contributed by atoms with Crippen molar-refractivity contribution in [3.8, 4) is 0 Å². The molecule has 120 valence electrons. The van der Waals surface area contributed by atoms with E-state index in [1.807, 2.05) is 49.0 Å². The number of benzene rings is 2. The van der Waals surface area contributed by atoms with Crippen molar-refractivity contribution in [2.24, 2.45) is 7.05 Å². The SMILES string of the molecule is [C-]#[N+]C(=Cc1cn(C)c2ccccc12)S(=O)(=O)c1ccc(C)cc1. The van der Waals surface area contributed by atoms with Crippen molar-refractivity contribution in [1.82, 2.24) is 4.57 Å². The predicted octanol–water partition coefficient (Wildman–Crippen LogP) is 4.18. The van der Waals surface area contributed by atoms with Gasteiger partial charge >= 0.3 is 0 Å². The van der Waals surface area contributed by atoms with Crippen LogP contribution in [0.2, 0.25) is 0 Å². The third-order valence-corrected chi connectivity index (χ3v) is 5.58. The summed E-state index contributed by atoms with van der Waals surface area (Å²) in [4.78, 5) is 3.42. The first-order valence-electron chi connectivity index (χ1n) is 7.38. The molecule has 0 amide bonds. The van der Waals surface area contributed by atoms with Gasteiger partial charge in [0.15, 0.2) is 0 Å². The topological polar surface area (TPSA) is 43.4 Å². The summed E-state index contributed by atoms with van der Waals surface area (Å²) >= 11 is 0. The van der Waals surface area contributed by atoms with Crippen LogP contribution in [-0.4, -0.2) is 13.0 Å². The first-order valence-corrected chi connectivity index (χ1v) is 8.87. The molecule has 2 aromatic carbocycles. The van der Waals surface area contributed by atoms with Gasteiger partial charge in [-0.2, -0.15) is 0 Å². The van der Waals surface area contributed by atoms with Crippen molar-refractivity contribution in [2.75, 3.05) is 0 Å². The maximum absolute atomic E-state index is 12.7. The Bertz CT molecular complexity index is 1080. The fourth-order valence-corrected chi connectivity index (χ4v) is 3.77. The van der Waals surface area contributed by atoms with Gasteiger partial charge in [0.2, 0.25) is 9.84 Å². The third kappa shape index (κ3) is 2.72. The summed E-state index contributed by atoms with van der Waals surface area (Å²) in [6.45, 7) is 9.23. The van der Waals surface area contributed by atoms with E-state index in [9.17, 15) is 8.42 Å². The number of hydrogen-bond donors (Lipinski definition) is 0. The first-order chi connectivity index (χ1) is 11.4. The lowest BCUT2D eigenvalue weighted by Gasteiger charge is -2.03. The van der Waals surface area contributed by atoms with E-state index in [2.05, 4.69) is 4.85 Å². The molecule has 0 atom stereocenters. The van der Waals surface area contributed by atoms with Gasteiger partial charge in [-0.15, -0.1) is 0 Å². The second kappa shape index (κ2) is 5.99. The molecule has 3 rings (SSSR count). The summed E-state index contributed by atoms with van der Waals surface area (Å²) in [5.41, 5.74) is 2.67. The first kappa shape index (κ1) is 16.0. The molecule has 0 saturated heterocycles. The van der Waals surface area contributed by atoms with Crippen LogP contribution in [0.5, 0.6) is 0 Å². The predicted molar refractivity (Wildman–Crippen MR) is 95.9 cm³/mol. The number of fused-ring (bicyclic) bond motifs is 1. The minimum absolute atomic E-state index is 0.135. The lowest BCUT2D eigenvalue weighted by atomic mass is 10.2. The van der Waals surface area contributed by atoms with Crippen molar-refractivity contribution in [3.63, 3.8) is 0 Å². The monoisotopic (exact) mass is 336 g/mol. The average Bonchev–Trinajstić information content (AvgIpc) is 2.89. The fraction of sp³-hybridized carbons (Fsp3) is 0.105. The number of nitrogens with zero attached hydrogens (tertiary/aromatic N) is 2. The molecule has 0 aliphatic rings. The van der Waals surface area contributed by atoms with Crippen molar-refractivity contribution < 1.29 is 8.42 Å². The summed E-state index contributed by atoms with van der Waals surface area (Å²) in [5, 5.41) is 0.642. The summed E-state index contributed by atoms with van der Waals surface area (Å²) in [6.07, 6.45) is 3.28.